The number of H-pyrrole nitrogens is 2. The Kier molecular flexibility index (Phi) is 4.23. The van der Waals surface area contributed by atoms with Crippen molar-refractivity contribution in [3.63, 3.8) is 0 Å². The highest BCUT2D eigenvalue weighted by Crippen LogP contribution is 2.31. The van der Waals surface area contributed by atoms with E-state index in [-0.39, 0.29) is 22.8 Å². The Morgan fingerprint density at radius 1 is 1.20 bits per heavy atom. The Morgan fingerprint density at radius 3 is 2.83 bits per heavy atom. The summed E-state index contributed by atoms with van der Waals surface area (Å²) in [4.78, 5) is 27.6. The first-order chi connectivity index (χ1) is 14.5. The van der Waals surface area contributed by atoms with Crippen LogP contribution in [0.25, 0.3) is 22.3 Å². The van der Waals surface area contributed by atoms with Crippen molar-refractivity contribution in [3.8, 4) is 11.3 Å². The quantitative estimate of drug-likeness (QED) is 0.469. The topological polar surface area (TPSA) is 95.6 Å². The Balaban J connectivity index is 1.38. The zero-order valence-electron chi connectivity index (χ0n) is 15.7. The molecule has 0 atom stereocenters. The second-order valence-corrected chi connectivity index (χ2v) is 7.44. The summed E-state index contributed by atoms with van der Waals surface area (Å²) in [6.07, 6.45) is 2.26. The van der Waals surface area contributed by atoms with Crippen LogP contribution in [0.2, 0.25) is 0 Å². The van der Waals surface area contributed by atoms with Crippen LogP contribution in [0.1, 0.15) is 23.2 Å². The van der Waals surface area contributed by atoms with Crippen molar-refractivity contribution >= 4 is 22.8 Å². The number of halogens is 2. The van der Waals surface area contributed by atoms with Gasteiger partial charge in [-0.15, -0.1) is 0 Å². The van der Waals surface area contributed by atoms with Crippen LogP contribution in [-0.2, 0) is 6.54 Å². The van der Waals surface area contributed by atoms with Crippen molar-refractivity contribution in [2.45, 2.75) is 19.4 Å². The number of rotatable bonds is 5. The van der Waals surface area contributed by atoms with Crippen molar-refractivity contribution < 1.29 is 13.6 Å². The molecule has 2 aromatic carbocycles. The number of carbonyl (C=O) groups excluding carboxylic acids is 1. The van der Waals surface area contributed by atoms with E-state index in [2.05, 4.69) is 20.5 Å². The molecule has 0 radical (unpaired) electrons. The van der Waals surface area contributed by atoms with Crippen LogP contribution in [0.4, 0.5) is 14.6 Å². The molecule has 0 spiro atoms. The lowest BCUT2D eigenvalue weighted by molar-refractivity contribution is 0.102. The standard InChI is InChI=1S/C21H17F2N5O2/c22-14-3-1-2-13(19(14)23)15-9-18(27-26-15)25-20(29)12-6-7-17-16(8-12)24-21(30)28(17)10-11-4-5-11/h1-3,6-9,11H,4-5,10H2,(H,24,30)(H2,25,26,27,29). The Hall–Kier alpha value is -3.75. The summed E-state index contributed by atoms with van der Waals surface area (Å²) < 4.78 is 29.1. The number of nitrogens with one attached hydrogen (secondary N) is 3. The van der Waals surface area contributed by atoms with E-state index in [9.17, 15) is 18.4 Å². The van der Waals surface area contributed by atoms with Gasteiger partial charge in [0, 0.05) is 23.7 Å². The molecule has 9 heteroatoms. The van der Waals surface area contributed by atoms with Gasteiger partial charge in [-0.25, -0.2) is 13.6 Å². The van der Waals surface area contributed by atoms with E-state index in [1.807, 2.05) is 0 Å². The van der Waals surface area contributed by atoms with Crippen LogP contribution in [0.3, 0.4) is 0 Å². The maximum Gasteiger partial charge on any atom is 0.326 e. The number of fused-ring (bicyclic) bond motifs is 1. The Labute approximate surface area is 168 Å². The molecule has 7 nitrogen and oxygen atoms in total. The minimum absolute atomic E-state index is 0.0130. The lowest BCUT2D eigenvalue weighted by Gasteiger charge is -2.04. The van der Waals surface area contributed by atoms with Gasteiger partial charge in [-0.1, -0.05) is 6.07 Å². The molecule has 152 valence electrons. The van der Waals surface area contributed by atoms with Crippen molar-refractivity contribution in [2.75, 3.05) is 5.32 Å². The summed E-state index contributed by atoms with van der Waals surface area (Å²) in [5.41, 5.74) is 1.73. The number of imidazole rings is 1. The second-order valence-electron chi connectivity index (χ2n) is 7.44. The number of amides is 1. The first-order valence-corrected chi connectivity index (χ1v) is 9.53. The van der Waals surface area contributed by atoms with Gasteiger partial charge < -0.3 is 10.3 Å². The number of aromatic nitrogens is 4. The predicted molar refractivity (Wildman–Crippen MR) is 107 cm³/mol. The minimum atomic E-state index is -0.996. The summed E-state index contributed by atoms with van der Waals surface area (Å²) in [6.45, 7) is 0.678. The molecule has 2 heterocycles. The number of hydrogen-bond acceptors (Lipinski definition) is 3. The van der Waals surface area contributed by atoms with Gasteiger partial charge in [-0.2, -0.15) is 5.10 Å². The predicted octanol–water partition coefficient (Wildman–Crippen LogP) is 3.66. The average Bonchev–Trinajstić information content (AvgIpc) is 3.35. The summed E-state index contributed by atoms with van der Waals surface area (Å²) >= 11 is 0. The van der Waals surface area contributed by atoms with Gasteiger partial charge in [0.1, 0.15) is 0 Å². The van der Waals surface area contributed by atoms with E-state index in [1.165, 1.54) is 18.2 Å². The number of nitrogens with zero attached hydrogens (tertiary/aromatic N) is 2. The van der Waals surface area contributed by atoms with Crippen LogP contribution < -0.4 is 11.0 Å². The van der Waals surface area contributed by atoms with Crippen molar-refractivity contribution in [1.29, 1.82) is 0 Å². The van der Waals surface area contributed by atoms with Crippen molar-refractivity contribution in [3.05, 3.63) is 70.1 Å². The highest BCUT2D eigenvalue weighted by Gasteiger charge is 2.23. The third-order valence-corrected chi connectivity index (χ3v) is 5.24. The SMILES string of the molecule is O=C(Nc1cc(-c2cccc(F)c2F)[nH]n1)c1ccc2c(c1)[nH]c(=O)n2CC1CC1. The molecule has 1 fully saturated rings. The Morgan fingerprint density at radius 2 is 2.03 bits per heavy atom. The van der Waals surface area contributed by atoms with Crippen LogP contribution in [0, 0.1) is 17.6 Å². The summed E-state index contributed by atoms with van der Waals surface area (Å²) in [5, 5.41) is 9.14. The van der Waals surface area contributed by atoms with Crippen molar-refractivity contribution in [1.82, 2.24) is 19.7 Å². The van der Waals surface area contributed by atoms with Gasteiger partial charge in [-0.3, -0.25) is 14.5 Å². The van der Waals surface area contributed by atoms with E-state index in [1.54, 1.807) is 22.8 Å². The lowest BCUT2D eigenvalue weighted by Crippen LogP contribution is -2.17. The third-order valence-electron chi connectivity index (χ3n) is 5.24. The van der Waals surface area contributed by atoms with Crippen LogP contribution >= 0.6 is 0 Å². The van der Waals surface area contributed by atoms with E-state index in [0.29, 0.717) is 23.5 Å². The molecule has 0 aliphatic heterocycles. The highest BCUT2D eigenvalue weighted by atomic mass is 19.2. The Bertz CT molecular complexity index is 1330. The monoisotopic (exact) mass is 409 g/mol. The number of hydrogen-bond donors (Lipinski definition) is 3. The van der Waals surface area contributed by atoms with Gasteiger partial charge in [0.05, 0.1) is 16.7 Å². The highest BCUT2D eigenvalue weighted by molar-refractivity contribution is 6.05. The fourth-order valence-electron chi connectivity index (χ4n) is 3.47. The maximum atomic E-state index is 13.9. The molecule has 30 heavy (non-hydrogen) atoms. The molecular formula is C21H17F2N5O2. The molecule has 1 amide bonds. The lowest BCUT2D eigenvalue weighted by atomic mass is 10.1. The van der Waals surface area contributed by atoms with E-state index < -0.39 is 17.5 Å². The zero-order valence-corrected chi connectivity index (χ0v) is 15.7. The molecule has 2 aromatic heterocycles. The van der Waals surface area contributed by atoms with E-state index in [4.69, 9.17) is 0 Å². The van der Waals surface area contributed by atoms with Crippen LogP contribution in [-0.4, -0.2) is 25.7 Å². The van der Waals surface area contributed by atoms with Gasteiger partial charge in [0.25, 0.3) is 5.91 Å². The van der Waals surface area contributed by atoms with Gasteiger partial charge >= 0.3 is 5.69 Å². The first-order valence-electron chi connectivity index (χ1n) is 9.53. The number of anilines is 1. The van der Waals surface area contributed by atoms with Gasteiger partial charge in [-0.05, 0) is 49.1 Å². The van der Waals surface area contributed by atoms with Crippen LogP contribution in [0.5, 0.6) is 0 Å². The molecule has 1 aliphatic rings. The minimum Gasteiger partial charge on any atom is -0.306 e. The number of benzene rings is 2. The van der Waals surface area contributed by atoms with Crippen LogP contribution in [0.15, 0.2) is 47.3 Å². The molecular weight excluding hydrogens is 392 g/mol. The molecule has 4 aromatic rings. The number of aromatic amines is 2. The summed E-state index contributed by atoms with van der Waals surface area (Å²) in [6, 6.07) is 10.2. The maximum absolute atomic E-state index is 13.9. The molecule has 5 rings (SSSR count). The molecule has 3 N–H and O–H groups in total. The fourth-order valence-corrected chi connectivity index (χ4v) is 3.47. The zero-order chi connectivity index (χ0) is 20.8. The molecule has 1 aliphatic carbocycles. The molecule has 0 unspecified atom stereocenters. The largest absolute Gasteiger partial charge is 0.326 e. The van der Waals surface area contributed by atoms with E-state index in [0.717, 1.165) is 24.4 Å². The number of carbonyl (C=O) groups is 1. The normalized spacial score (nSPS) is 13.7. The second kappa shape index (κ2) is 6.94. The molecule has 1 saturated carbocycles. The van der Waals surface area contributed by atoms with Gasteiger partial charge in [0.2, 0.25) is 0 Å². The summed E-state index contributed by atoms with van der Waals surface area (Å²) in [5.74, 6) is -1.70. The van der Waals surface area contributed by atoms with Crippen molar-refractivity contribution in [2.24, 2.45) is 5.92 Å². The molecule has 0 saturated heterocycles. The smallest absolute Gasteiger partial charge is 0.306 e. The van der Waals surface area contributed by atoms with Gasteiger partial charge in [0.15, 0.2) is 17.5 Å². The third kappa shape index (κ3) is 3.28. The average molecular weight is 409 g/mol. The molecule has 0 bridgehead atoms. The van der Waals surface area contributed by atoms with E-state index >= 15 is 0 Å². The fraction of sp³-hybridized carbons (Fsp3) is 0.190. The summed E-state index contributed by atoms with van der Waals surface area (Å²) in [7, 11) is 0. The first kappa shape index (κ1) is 18.3.